The van der Waals surface area contributed by atoms with Crippen molar-refractivity contribution in [1.82, 2.24) is 0 Å². The van der Waals surface area contributed by atoms with E-state index in [4.69, 9.17) is 22.9 Å². The Balaban J connectivity index is 3.31. The Labute approximate surface area is 170 Å². The molecule has 2 unspecified atom stereocenters. The lowest BCUT2D eigenvalue weighted by Crippen LogP contribution is -2.41. The van der Waals surface area contributed by atoms with Gasteiger partial charge in [0.1, 0.15) is 0 Å². The molecule has 0 aliphatic carbocycles. The van der Waals surface area contributed by atoms with Crippen LogP contribution in [0.25, 0.3) is 0 Å². The summed E-state index contributed by atoms with van der Waals surface area (Å²) in [6, 6.07) is 0.384. The first-order chi connectivity index (χ1) is 13.2. The number of hydrogen-bond donors (Lipinski definition) is 4. The smallest absolute Gasteiger partial charge is 0.0192 e. The van der Waals surface area contributed by atoms with Crippen LogP contribution in [0.1, 0.15) is 122 Å². The van der Waals surface area contributed by atoms with E-state index in [0.717, 1.165) is 25.9 Å². The Kier molecular flexibility index (Phi) is 22.0. The Hall–Kier alpha value is -0.160. The topological polar surface area (TPSA) is 104 Å². The molecule has 0 heterocycles. The van der Waals surface area contributed by atoms with E-state index in [1.807, 2.05) is 0 Å². The fourth-order valence-corrected chi connectivity index (χ4v) is 3.78. The van der Waals surface area contributed by atoms with Crippen molar-refractivity contribution in [2.75, 3.05) is 13.1 Å². The summed E-state index contributed by atoms with van der Waals surface area (Å²) < 4.78 is 0. The van der Waals surface area contributed by atoms with Gasteiger partial charge in [-0.1, -0.05) is 96.3 Å². The third-order valence-electron chi connectivity index (χ3n) is 5.78. The van der Waals surface area contributed by atoms with Crippen molar-refractivity contribution in [3.8, 4) is 0 Å². The molecule has 0 fully saturated rings. The van der Waals surface area contributed by atoms with Gasteiger partial charge >= 0.3 is 0 Å². The summed E-state index contributed by atoms with van der Waals surface area (Å²) in [7, 11) is 0. The van der Waals surface area contributed by atoms with Crippen LogP contribution in [-0.2, 0) is 0 Å². The summed E-state index contributed by atoms with van der Waals surface area (Å²) in [5.41, 5.74) is 23.6. The van der Waals surface area contributed by atoms with E-state index in [0.29, 0.717) is 0 Å². The molecule has 164 valence electrons. The van der Waals surface area contributed by atoms with Crippen molar-refractivity contribution in [1.29, 1.82) is 0 Å². The second-order valence-corrected chi connectivity index (χ2v) is 8.49. The molecule has 0 saturated heterocycles. The first kappa shape index (κ1) is 26.8. The Morgan fingerprint density at radius 2 is 0.556 bits per heavy atom. The molecule has 0 saturated carbocycles. The van der Waals surface area contributed by atoms with Crippen LogP contribution in [0.5, 0.6) is 0 Å². The van der Waals surface area contributed by atoms with Crippen molar-refractivity contribution >= 4 is 0 Å². The third-order valence-corrected chi connectivity index (χ3v) is 5.78. The average molecular weight is 385 g/mol. The summed E-state index contributed by atoms with van der Waals surface area (Å²) in [6.07, 6.45) is 24.5. The maximum Gasteiger partial charge on any atom is 0.0192 e. The van der Waals surface area contributed by atoms with E-state index < -0.39 is 0 Å². The summed E-state index contributed by atoms with van der Waals surface area (Å²) in [6.45, 7) is 1.69. The maximum absolute atomic E-state index is 6.29. The molecular weight excluding hydrogens is 332 g/mol. The van der Waals surface area contributed by atoms with Gasteiger partial charge in [0.15, 0.2) is 0 Å². The lowest BCUT2D eigenvalue weighted by molar-refractivity contribution is 0.428. The van der Waals surface area contributed by atoms with Crippen LogP contribution in [0.2, 0.25) is 0 Å². The molecule has 0 rings (SSSR count). The maximum atomic E-state index is 6.29. The number of hydrogen-bond acceptors (Lipinski definition) is 4. The highest BCUT2D eigenvalue weighted by atomic mass is 14.8. The van der Waals surface area contributed by atoms with Crippen molar-refractivity contribution in [2.24, 2.45) is 22.9 Å². The van der Waals surface area contributed by atoms with Gasteiger partial charge < -0.3 is 22.9 Å². The number of rotatable bonds is 22. The van der Waals surface area contributed by atoms with Crippen LogP contribution in [0.3, 0.4) is 0 Å². The quantitative estimate of drug-likeness (QED) is 0.198. The van der Waals surface area contributed by atoms with E-state index in [2.05, 4.69) is 0 Å². The molecule has 0 aromatic carbocycles. The lowest BCUT2D eigenvalue weighted by Gasteiger charge is -2.19. The largest absolute Gasteiger partial charge is 0.330 e. The zero-order chi connectivity index (χ0) is 20.0. The van der Waals surface area contributed by atoms with E-state index >= 15 is 0 Å². The number of nitrogens with two attached hydrogens (primary N) is 4. The molecule has 0 aromatic rings. The normalized spacial score (nSPS) is 13.8. The fourth-order valence-electron chi connectivity index (χ4n) is 3.78. The highest BCUT2D eigenvalue weighted by molar-refractivity contribution is 4.75. The molecule has 4 heteroatoms. The van der Waals surface area contributed by atoms with Crippen molar-refractivity contribution in [2.45, 2.75) is 134 Å². The van der Waals surface area contributed by atoms with Gasteiger partial charge in [0.25, 0.3) is 0 Å². The van der Waals surface area contributed by atoms with E-state index in [1.165, 1.54) is 109 Å². The minimum Gasteiger partial charge on any atom is -0.330 e. The summed E-state index contributed by atoms with van der Waals surface area (Å²) in [5, 5.41) is 0. The van der Waals surface area contributed by atoms with Gasteiger partial charge in [-0.15, -0.1) is 0 Å². The van der Waals surface area contributed by atoms with E-state index in [-0.39, 0.29) is 12.1 Å². The monoisotopic (exact) mass is 384 g/mol. The van der Waals surface area contributed by atoms with Crippen LogP contribution >= 0.6 is 0 Å². The molecule has 0 spiro atoms. The molecule has 0 aliphatic heterocycles. The molecule has 4 nitrogen and oxygen atoms in total. The van der Waals surface area contributed by atoms with Gasteiger partial charge in [0.2, 0.25) is 0 Å². The van der Waals surface area contributed by atoms with Gasteiger partial charge in [-0.2, -0.15) is 0 Å². The van der Waals surface area contributed by atoms with Crippen LogP contribution in [0.4, 0.5) is 0 Å². The van der Waals surface area contributed by atoms with Crippen LogP contribution in [0.15, 0.2) is 0 Å². The van der Waals surface area contributed by atoms with Gasteiger partial charge in [-0.25, -0.2) is 0 Å². The SMILES string of the molecule is NCCCCCCCCCCCC(N)C(N)CCCCCCCCCCN. The van der Waals surface area contributed by atoms with Crippen molar-refractivity contribution in [3.63, 3.8) is 0 Å². The molecule has 0 radical (unpaired) electrons. The minimum absolute atomic E-state index is 0.192. The molecule has 8 N–H and O–H groups in total. The first-order valence-electron chi connectivity index (χ1n) is 12.1. The van der Waals surface area contributed by atoms with Crippen LogP contribution in [-0.4, -0.2) is 25.2 Å². The Morgan fingerprint density at radius 1 is 0.333 bits per heavy atom. The zero-order valence-electron chi connectivity index (χ0n) is 18.3. The first-order valence-corrected chi connectivity index (χ1v) is 12.1. The zero-order valence-corrected chi connectivity index (χ0v) is 18.3. The summed E-state index contributed by atoms with van der Waals surface area (Å²) in [5.74, 6) is 0. The van der Waals surface area contributed by atoms with Crippen molar-refractivity contribution in [3.05, 3.63) is 0 Å². The Bertz CT molecular complexity index is 273. The summed E-state index contributed by atoms with van der Waals surface area (Å²) >= 11 is 0. The van der Waals surface area contributed by atoms with E-state index in [9.17, 15) is 0 Å². The van der Waals surface area contributed by atoms with Gasteiger partial charge in [0, 0.05) is 12.1 Å². The third kappa shape index (κ3) is 20.4. The average Bonchev–Trinajstić information content (AvgIpc) is 2.67. The molecule has 0 aromatic heterocycles. The molecule has 2 atom stereocenters. The second-order valence-electron chi connectivity index (χ2n) is 8.49. The van der Waals surface area contributed by atoms with Gasteiger partial charge in [-0.3, -0.25) is 0 Å². The summed E-state index contributed by atoms with van der Waals surface area (Å²) in [4.78, 5) is 0. The van der Waals surface area contributed by atoms with Crippen LogP contribution in [0, 0.1) is 0 Å². The molecule has 27 heavy (non-hydrogen) atoms. The predicted octanol–water partition coefficient (Wildman–Crippen LogP) is 4.97. The minimum atomic E-state index is 0.192. The van der Waals surface area contributed by atoms with E-state index in [1.54, 1.807) is 0 Å². The lowest BCUT2D eigenvalue weighted by atomic mass is 9.96. The van der Waals surface area contributed by atoms with Gasteiger partial charge in [0.05, 0.1) is 0 Å². The second kappa shape index (κ2) is 22.1. The van der Waals surface area contributed by atoms with Crippen molar-refractivity contribution < 1.29 is 0 Å². The number of unbranched alkanes of at least 4 members (excludes halogenated alkanes) is 15. The van der Waals surface area contributed by atoms with Crippen LogP contribution < -0.4 is 22.9 Å². The fraction of sp³-hybridized carbons (Fsp3) is 1.00. The molecule has 0 amide bonds. The highest BCUT2D eigenvalue weighted by Gasteiger charge is 2.12. The van der Waals surface area contributed by atoms with Gasteiger partial charge in [-0.05, 0) is 38.8 Å². The highest BCUT2D eigenvalue weighted by Crippen LogP contribution is 2.14. The standard InChI is InChI=1S/C23H52N4/c24-20-16-12-8-4-1-2-6-10-14-18-22(26)23(27)19-15-11-7-3-5-9-13-17-21-25/h22-23H,1-21,24-27H2. The predicted molar refractivity (Wildman–Crippen MR) is 122 cm³/mol. The molecule has 0 aliphatic rings. The molecule has 0 bridgehead atoms. The molecular formula is C23H52N4. The Morgan fingerprint density at radius 3 is 0.815 bits per heavy atom.